The summed E-state index contributed by atoms with van der Waals surface area (Å²) in [7, 11) is 0. The molecule has 1 heterocycles. The van der Waals surface area contributed by atoms with Crippen LogP contribution in [0.25, 0.3) is 0 Å². The zero-order chi connectivity index (χ0) is 18.7. The summed E-state index contributed by atoms with van der Waals surface area (Å²) in [5.74, 6) is -0.0000620. The number of carbonyl (C=O) groups excluding carboxylic acids is 2. The number of nitrogens with zero attached hydrogens (tertiary/aromatic N) is 1. The van der Waals surface area contributed by atoms with E-state index in [4.69, 9.17) is 0 Å². The molecule has 1 atom stereocenters. The molecule has 26 heavy (non-hydrogen) atoms. The minimum absolute atomic E-state index is 0.0288. The van der Waals surface area contributed by atoms with Crippen molar-refractivity contribution >= 4 is 17.5 Å². The van der Waals surface area contributed by atoms with E-state index in [1.807, 2.05) is 49.4 Å². The minimum atomic E-state index is -0.300. The lowest BCUT2D eigenvalue weighted by atomic mass is 9.97. The fourth-order valence-corrected chi connectivity index (χ4v) is 3.54. The lowest BCUT2D eigenvalue weighted by molar-refractivity contribution is -0.126. The molecular formula is C22H26N2O2. The molecule has 0 spiro atoms. The lowest BCUT2D eigenvalue weighted by Crippen LogP contribution is -2.33. The van der Waals surface area contributed by atoms with Crippen molar-refractivity contribution < 1.29 is 9.59 Å². The second-order valence-corrected chi connectivity index (χ2v) is 7.28. The summed E-state index contributed by atoms with van der Waals surface area (Å²) in [6.45, 7) is 7.22. The summed E-state index contributed by atoms with van der Waals surface area (Å²) in [6.07, 6.45) is 0.270. The van der Waals surface area contributed by atoms with Crippen LogP contribution in [-0.2, 0) is 16.1 Å². The van der Waals surface area contributed by atoms with E-state index in [1.165, 1.54) is 0 Å². The van der Waals surface area contributed by atoms with Crippen molar-refractivity contribution in [2.24, 2.45) is 5.92 Å². The topological polar surface area (TPSA) is 49.4 Å². The van der Waals surface area contributed by atoms with Gasteiger partial charge in [-0.25, -0.2) is 0 Å². The Balaban J connectivity index is 1.72. The van der Waals surface area contributed by atoms with Crippen molar-refractivity contribution in [3.05, 3.63) is 65.2 Å². The molecule has 4 nitrogen and oxygen atoms in total. The second-order valence-electron chi connectivity index (χ2n) is 7.28. The van der Waals surface area contributed by atoms with Crippen molar-refractivity contribution in [2.75, 3.05) is 11.4 Å². The summed E-state index contributed by atoms with van der Waals surface area (Å²) in [5.41, 5.74) is 4.27. The van der Waals surface area contributed by atoms with Crippen LogP contribution in [0.4, 0.5) is 5.69 Å². The predicted octanol–water partition coefficient (Wildman–Crippen LogP) is 3.79. The monoisotopic (exact) mass is 350 g/mol. The van der Waals surface area contributed by atoms with Crippen LogP contribution in [0, 0.1) is 12.8 Å². The van der Waals surface area contributed by atoms with Crippen LogP contribution in [0.3, 0.4) is 0 Å². The molecule has 0 saturated carbocycles. The average Bonchev–Trinajstić information content (AvgIpc) is 3.01. The second kappa shape index (κ2) is 7.73. The maximum absolute atomic E-state index is 12.6. The quantitative estimate of drug-likeness (QED) is 0.892. The van der Waals surface area contributed by atoms with Crippen molar-refractivity contribution in [1.82, 2.24) is 5.32 Å². The normalized spacial score (nSPS) is 17.0. The summed E-state index contributed by atoms with van der Waals surface area (Å²) >= 11 is 0. The third kappa shape index (κ3) is 3.79. The Morgan fingerprint density at radius 1 is 1.15 bits per heavy atom. The Bertz CT molecular complexity index is 799. The number of amides is 2. The van der Waals surface area contributed by atoms with E-state index in [9.17, 15) is 9.59 Å². The van der Waals surface area contributed by atoms with Crippen LogP contribution < -0.4 is 10.2 Å². The van der Waals surface area contributed by atoms with Crippen LogP contribution in [0.1, 0.15) is 42.9 Å². The Morgan fingerprint density at radius 3 is 2.58 bits per heavy atom. The number of hydrogen-bond acceptors (Lipinski definition) is 2. The van der Waals surface area contributed by atoms with Gasteiger partial charge in [-0.15, -0.1) is 0 Å². The molecule has 3 rings (SSSR count). The van der Waals surface area contributed by atoms with Gasteiger partial charge in [-0.05, 0) is 29.5 Å². The number of rotatable bonds is 5. The van der Waals surface area contributed by atoms with Gasteiger partial charge in [0.15, 0.2) is 0 Å². The molecule has 1 aliphatic heterocycles. The molecule has 1 N–H and O–H groups in total. The molecule has 1 saturated heterocycles. The Morgan fingerprint density at radius 2 is 1.88 bits per heavy atom. The van der Waals surface area contributed by atoms with Crippen LogP contribution in [-0.4, -0.2) is 18.4 Å². The first-order valence-electron chi connectivity index (χ1n) is 9.19. The van der Waals surface area contributed by atoms with Gasteiger partial charge in [-0.1, -0.05) is 62.4 Å². The molecule has 1 fully saturated rings. The maximum atomic E-state index is 12.6. The highest BCUT2D eigenvalue weighted by Crippen LogP contribution is 2.34. The molecule has 1 aliphatic rings. The summed E-state index contributed by atoms with van der Waals surface area (Å²) in [6, 6.07) is 15.9. The first-order valence-corrected chi connectivity index (χ1v) is 9.19. The lowest BCUT2D eigenvalue weighted by Gasteiger charge is -2.24. The highest BCUT2D eigenvalue weighted by atomic mass is 16.2. The Kier molecular flexibility index (Phi) is 5.40. The molecule has 0 bridgehead atoms. The maximum Gasteiger partial charge on any atom is 0.227 e. The number of aryl methyl sites for hydroxylation is 1. The summed E-state index contributed by atoms with van der Waals surface area (Å²) < 4.78 is 0. The number of hydrogen-bond donors (Lipinski definition) is 1. The fraction of sp³-hybridized carbons (Fsp3) is 0.364. The Hall–Kier alpha value is -2.62. The van der Waals surface area contributed by atoms with Crippen molar-refractivity contribution in [1.29, 1.82) is 0 Å². The number of anilines is 1. The van der Waals surface area contributed by atoms with E-state index < -0.39 is 0 Å². The Labute approximate surface area is 155 Å². The van der Waals surface area contributed by atoms with Crippen molar-refractivity contribution in [3.63, 3.8) is 0 Å². The summed E-state index contributed by atoms with van der Waals surface area (Å²) in [4.78, 5) is 27.0. The molecule has 136 valence electrons. The van der Waals surface area contributed by atoms with Gasteiger partial charge in [0, 0.05) is 25.2 Å². The van der Waals surface area contributed by atoms with Gasteiger partial charge in [0.1, 0.15) is 0 Å². The van der Waals surface area contributed by atoms with E-state index in [0.717, 1.165) is 22.4 Å². The van der Waals surface area contributed by atoms with Gasteiger partial charge in [0.2, 0.25) is 11.8 Å². The first kappa shape index (κ1) is 18.2. The zero-order valence-corrected chi connectivity index (χ0v) is 15.7. The van der Waals surface area contributed by atoms with E-state index >= 15 is 0 Å². The van der Waals surface area contributed by atoms with Gasteiger partial charge in [-0.3, -0.25) is 9.59 Å². The fourth-order valence-electron chi connectivity index (χ4n) is 3.54. The van der Waals surface area contributed by atoms with Crippen LogP contribution in [0.2, 0.25) is 0 Å². The molecular weight excluding hydrogens is 324 g/mol. The van der Waals surface area contributed by atoms with Crippen LogP contribution in [0.5, 0.6) is 0 Å². The third-order valence-corrected chi connectivity index (χ3v) is 4.97. The first-order chi connectivity index (χ1) is 12.5. The van der Waals surface area contributed by atoms with Crippen molar-refractivity contribution in [2.45, 2.75) is 39.7 Å². The largest absolute Gasteiger partial charge is 0.352 e. The molecule has 0 aliphatic carbocycles. The summed E-state index contributed by atoms with van der Waals surface area (Å²) in [5, 5.41) is 2.97. The highest BCUT2D eigenvalue weighted by molar-refractivity contribution is 6.01. The molecule has 2 aromatic carbocycles. The van der Waals surface area contributed by atoms with E-state index in [-0.39, 0.29) is 24.2 Å². The molecule has 2 amide bonds. The standard InChI is InChI=1S/C22H26N2O2/c1-15(2)19-11-7-8-16(3)21(19)24-14-18(12-20(24)25)22(26)23-13-17-9-5-4-6-10-17/h4-11,15,18H,12-14H2,1-3H3,(H,23,26). The van der Waals surface area contributed by atoms with Crippen LogP contribution >= 0.6 is 0 Å². The number of carbonyl (C=O) groups is 2. The number of benzene rings is 2. The molecule has 4 heteroatoms. The van der Waals surface area contributed by atoms with Gasteiger partial charge >= 0.3 is 0 Å². The molecule has 1 unspecified atom stereocenters. The number of para-hydroxylation sites is 1. The van der Waals surface area contributed by atoms with E-state index in [2.05, 4.69) is 25.2 Å². The highest BCUT2D eigenvalue weighted by Gasteiger charge is 2.36. The molecule has 0 radical (unpaired) electrons. The number of nitrogens with one attached hydrogen (secondary N) is 1. The minimum Gasteiger partial charge on any atom is -0.352 e. The average molecular weight is 350 g/mol. The third-order valence-electron chi connectivity index (χ3n) is 4.97. The smallest absolute Gasteiger partial charge is 0.227 e. The van der Waals surface area contributed by atoms with E-state index in [0.29, 0.717) is 19.0 Å². The zero-order valence-electron chi connectivity index (χ0n) is 15.7. The van der Waals surface area contributed by atoms with Crippen molar-refractivity contribution in [3.8, 4) is 0 Å². The molecule has 0 aromatic heterocycles. The molecule has 2 aromatic rings. The van der Waals surface area contributed by atoms with Gasteiger partial charge in [0.25, 0.3) is 0 Å². The van der Waals surface area contributed by atoms with E-state index in [1.54, 1.807) is 4.90 Å². The van der Waals surface area contributed by atoms with Crippen LogP contribution in [0.15, 0.2) is 48.5 Å². The van der Waals surface area contributed by atoms with Gasteiger partial charge in [-0.2, -0.15) is 0 Å². The SMILES string of the molecule is Cc1cccc(C(C)C)c1N1CC(C(=O)NCc2ccccc2)CC1=O. The van der Waals surface area contributed by atoms with Gasteiger partial charge < -0.3 is 10.2 Å². The van der Waals surface area contributed by atoms with Gasteiger partial charge in [0.05, 0.1) is 5.92 Å². The predicted molar refractivity (Wildman–Crippen MR) is 104 cm³/mol.